The van der Waals surface area contributed by atoms with E-state index in [1.54, 1.807) is 0 Å². The van der Waals surface area contributed by atoms with Crippen molar-refractivity contribution in [1.82, 2.24) is 24.9 Å². The average molecular weight is 832 g/mol. The molecule has 0 atom stereocenters. The van der Waals surface area contributed by atoms with E-state index in [9.17, 15) is 9.59 Å². The van der Waals surface area contributed by atoms with Gasteiger partial charge in [0, 0.05) is 39.3 Å². The van der Waals surface area contributed by atoms with Gasteiger partial charge in [0.15, 0.2) is 0 Å². The molecule has 59 heavy (non-hydrogen) atoms. The zero-order valence-corrected chi connectivity index (χ0v) is 40.6. The summed E-state index contributed by atoms with van der Waals surface area (Å²) in [5.74, 6) is 0.443. The summed E-state index contributed by atoms with van der Waals surface area (Å²) in [7, 11) is 0. The molecule has 7 heteroatoms. The number of rotatable bonds is 45. The van der Waals surface area contributed by atoms with Crippen molar-refractivity contribution in [1.29, 1.82) is 0 Å². The summed E-state index contributed by atoms with van der Waals surface area (Å²) in [5, 5.41) is 3.39. The van der Waals surface area contributed by atoms with E-state index < -0.39 is 0 Å². The van der Waals surface area contributed by atoms with Gasteiger partial charge in [-0.05, 0) is 51.9 Å². The Hall–Kier alpha value is -1.18. The van der Waals surface area contributed by atoms with E-state index in [4.69, 9.17) is 0 Å². The fourth-order valence-electron chi connectivity index (χ4n) is 8.84. The molecule has 0 saturated carbocycles. The topological polar surface area (TPSA) is 59.1 Å². The van der Waals surface area contributed by atoms with Crippen LogP contribution in [0.5, 0.6) is 0 Å². The van der Waals surface area contributed by atoms with Gasteiger partial charge in [0.1, 0.15) is 0 Å². The Morgan fingerprint density at radius 1 is 0.356 bits per heavy atom. The first-order valence-electron chi connectivity index (χ1n) is 26.8. The van der Waals surface area contributed by atoms with Gasteiger partial charge in [0.05, 0.1) is 13.1 Å². The van der Waals surface area contributed by atoms with Crippen LogP contribution >= 0.6 is 0 Å². The molecule has 0 unspecified atom stereocenters. The van der Waals surface area contributed by atoms with E-state index in [1.807, 2.05) is 9.80 Å². The fourth-order valence-corrected chi connectivity index (χ4v) is 8.84. The molecule has 0 aromatic rings. The number of nitrogens with one attached hydrogen (secondary N) is 1. The van der Waals surface area contributed by atoms with Gasteiger partial charge in [-0.3, -0.25) is 14.5 Å². The molecular formula is C52H105N5O2. The van der Waals surface area contributed by atoms with Crippen molar-refractivity contribution in [2.24, 2.45) is 0 Å². The largest absolute Gasteiger partial charge is 0.338 e. The number of hydrogen-bond donors (Lipinski definition) is 1. The maximum Gasteiger partial charge on any atom is 0.236 e. The Labute approximate surface area is 369 Å². The standard InChI is InChI=1S/C52H105N5O2/c1-5-9-13-17-21-23-25-29-32-36-40-54(41-37-33-30-26-24-22-18-14-10-6-2)43-44-55(42-38-34-28-20-16-12-8-4)50-52(59)57-47-45-56(46-48-57)51(58)49-53-39-35-31-27-19-15-11-7-3/h53H,5-50H2,1-4H3. The van der Waals surface area contributed by atoms with Crippen LogP contribution < -0.4 is 5.32 Å². The van der Waals surface area contributed by atoms with Crippen LogP contribution in [-0.4, -0.2) is 110 Å². The molecule has 350 valence electrons. The van der Waals surface area contributed by atoms with Crippen molar-refractivity contribution >= 4 is 11.8 Å². The van der Waals surface area contributed by atoms with Gasteiger partial charge in [-0.15, -0.1) is 0 Å². The number of hydrogen-bond acceptors (Lipinski definition) is 5. The summed E-state index contributed by atoms with van der Waals surface area (Å²) < 4.78 is 0. The van der Waals surface area contributed by atoms with E-state index in [0.29, 0.717) is 39.3 Å². The van der Waals surface area contributed by atoms with Gasteiger partial charge in [0.2, 0.25) is 11.8 Å². The molecule has 1 heterocycles. The van der Waals surface area contributed by atoms with E-state index in [-0.39, 0.29) is 11.8 Å². The van der Waals surface area contributed by atoms with Crippen molar-refractivity contribution in [3.05, 3.63) is 0 Å². The second kappa shape index (κ2) is 43.5. The van der Waals surface area contributed by atoms with Crippen LogP contribution in [0.1, 0.15) is 246 Å². The number of nitrogens with zero attached hydrogens (tertiary/aromatic N) is 4. The zero-order chi connectivity index (χ0) is 42.7. The Morgan fingerprint density at radius 3 is 1.02 bits per heavy atom. The van der Waals surface area contributed by atoms with Gasteiger partial charge in [-0.2, -0.15) is 0 Å². The number of amides is 2. The van der Waals surface area contributed by atoms with Gasteiger partial charge in [-0.25, -0.2) is 0 Å². The molecule has 0 aromatic heterocycles. The number of carbonyl (C=O) groups excluding carboxylic acids is 2. The lowest BCUT2D eigenvalue weighted by molar-refractivity contribution is -0.139. The van der Waals surface area contributed by atoms with Crippen LogP contribution in [0, 0.1) is 0 Å². The molecule has 0 radical (unpaired) electrons. The molecular weight excluding hydrogens is 727 g/mol. The summed E-state index contributed by atoms with van der Waals surface area (Å²) in [5.41, 5.74) is 0. The Morgan fingerprint density at radius 2 is 0.644 bits per heavy atom. The summed E-state index contributed by atoms with van der Waals surface area (Å²) in [6, 6.07) is 0. The average Bonchev–Trinajstić information content (AvgIpc) is 3.25. The van der Waals surface area contributed by atoms with E-state index in [2.05, 4.69) is 42.8 Å². The predicted octanol–water partition coefficient (Wildman–Crippen LogP) is 13.2. The summed E-state index contributed by atoms with van der Waals surface area (Å²) in [4.78, 5) is 36.0. The van der Waals surface area contributed by atoms with E-state index in [1.165, 1.54) is 225 Å². The number of piperazine rings is 1. The van der Waals surface area contributed by atoms with Crippen LogP contribution in [0.25, 0.3) is 0 Å². The first kappa shape index (κ1) is 55.8. The summed E-state index contributed by atoms with van der Waals surface area (Å²) in [6.07, 6.45) is 45.8. The predicted molar refractivity (Wildman–Crippen MR) is 259 cm³/mol. The van der Waals surface area contributed by atoms with Crippen molar-refractivity contribution < 1.29 is 9.59 Å². The van der Waals surface area contributed by atoms with Crippen LogP contribution in [0.15, 0.2) is 0 Å². The molecule has 0 bridgehead atoms. The van der Waals surface area contributed by atoms with Crippen LogP contribution in [0.4, 0.5) is 0 Å². The van der Waals surface area contributed by atoms with Crippen molar-refractivity contribution in [2.75, 3.05) is 78.5 Å². The Balaban J connectivity index is 2.62. The monoisotopic (exact) mass is 832 g/mol. The molecule has 0 aliphatic carbocycles. The van der Waals surface area contributed by atoms with Crippen LogP contribution in [0.3, 0.4) is 0 Å². The second-order valence-corrected chi connectivity index (χ2v) is 18.7. The Bertz CT molecular complexity index is 870. The van der Waals surface area contributed by atoms with Gasteiger partial charge in [-0.1, -0.05) is 220 Å². The minimum Gasteiger partial charge on any atom is -0.338 e. The van der Waals surface area contributed by atoms with Gasteiger partial charge < -0.3 is 20.0 Å². The maximum atomic E-state index is 13.8. The molecule has 1 rings (SSSR count). The first-order valence-corrected chi connectivity index (χ1v) is 26.8. The van der Waals surface area contributed by atoms with Crippen molar-refractivity contribution in [3.8, 4) is 0 Å². The third kappa shape index (κ3) is 35.0. The highest BCUT2D eigenvalue weighted by molar-refractivity contribution is 5.80. The van der Waals surface area contributed by atoms with Crippen LogP contribution in [-0.2, 0) is 9.59 Å². The molecule has 1 N–H and O–H groups in total. The van der Waals surface area contributed by atoms with Crippen LogP contribution in [0.2, 0.25) is 0 Å². The highest BCUT2D eigenvalue weighted by Gasteiger charge is 2.25. The molecule has 1 aliphatic rings. The molecule has 0 aromatic carbocycles. The lowest BCUT2D eigenvalue weighted by Crippen LogP contribution is -2.54. The van der Waals surface area contributed by atoms with Crippen molar-refractivity contribution in [2.45, 2.75) is 246 Å². The van der Waals surface area contributed by atoms with Gasteiger partial charge in [0.25, 0.3) is 0 Å². The lowest BCUT2D eigenvalue weighted by atomic mass is 10.1. The highest BCUT2D eigenvalue weighted by Crippen LogP contribution is 2.15. The first-order chi connectivity index (χ1) is 29.0. The molecule has 1 aliphatic heterocycles. The maximum absolute atomic E-state index is 13.8. The quantitative estimate of drug-likeness (QED) is 0.0620. The van der Waals surface area contributed by atoms with Gasteiger partial charge >= 0.3 is 0 Å². The Kier molecular flexibility index (Phi) is 41.1. The number of unbranched alkanes of at least 4 members (excludes halogenated alkanes) is 30. The third-order valence-electron chi connectivity index (χ3n) is 13.0. The molecule has 2 amide bonds. The van der Waals surface area contributed by atoms with E-state index >= 15 is 0 Å². The highest BCUT2D eigenvalue weighted by atomic mass is 16.2. The summed E-state index contributed by atoms with van der Waals surface area (Å²) >= 11 is 0. The molecule has 1 fully saturated rings. The van der Waals surface area contributed by atoms with Crippen molar-refractivity contribution in [3.63, 3.8) is 0 Å². The van der Waals surface area contributed by atoms with E-state index in [0.717, 1.165) is 32.6 Å². The molecule has 1 saturated heterocycles. The molecule has 0 spiro atoms. The fraction of sp³-hybridized carbons (Fsp3) is 0.962. The normalized spacial score (nSPS) is 13.4. The lowest BCUT2D eigenvalue weighted by Gasteiger charge is -2.36. The minimum atomic E-state index is 0.186. The summed E-state index contributed by atoms with van der Waals surface area (Å²) in [6.45, 7) is 19.2. The minimum absolute atomic E-state index is 0.186. The zero-order valence-electron chi connectivity index (χ0n) is 40.6. The molecule has 7 nitrogen and oxygen atoms in total. The second-order valence-electron chi connectivity index (χ2n) is 18.7. The smallest absolute Gasteiger partial charge is 0.236 e. The third-order valence-corrected chi connectivity index (χ3v) is 13.0. The number of carbonyl (C=O) groups is 2. The SMILES string of the molecule is CCCCCCCCCCCCN(CCCCCCCCCCCC)CCN(CCCCCCCCC)CC(=O)N1CCN(C(=O)CNCCCCCCCCC)CC1.